The summed E-state index contributed by atoms with van der Waals surface area (Å²) in [6, 6.07) is 5.19. The predicted octanol–water partition coefficient (Wildman–Crippen LogP) is 4.26. The lowest BCUT2D eigenvalue weighted by Crippen LogP contribution is -2.14. The Bertz CT molecular complexity index is 367. The van der Waals surface area contributed by atoms with E-state index >= 15 is 0 Å². The van der Waals surface area contributed by atoms with Crippen molar-refractivity contribution < 1.29 is 9.13 Å². The second-order valence-corrected chi connectivity index (χ2v) is 5.64. The molecular formula is C13H16BrFO. The number of alkyl halides is 1. The molecule has 0 heterocycles. The van der Waals surface area contributed by atoms with Gasteiger partial charge in [-0.2, -0.15) is 0 Å². The molecule has 1 nitrogen and oxygen atoms in total. The van der Waals surface area contributed by atoms with E-state index in [9.17, 15) is 4.39 Å². The van der Waals surface area contributed by atoms with Crippen LogP contribution in [-0.2, 0) is 0 Å². The van der Waals surface area contributed by atoms with E-state index in [1.54, 1.807) is 7.11 Å². The smallest absolute Gasteiger partial charge is 0.130 e. The van der Waals surface area contributed by atoms with Crippen molar-refractivity contribution >= 4 is 15.9 Å². The minimum atomic E-state index is -0.133. The van der Waals surface area contributed by atoms with Crippen molar-refractivity contribution in [1.82, 2.24) is 0 Å². The lowest BCUT2D eigenvalue weighted by atomic mass is 9.84. The van der Waals surface area contributed by atoms with Gasteiger partial charge in [0, 0.05) is 10.9 Å². The first-order valence-electron chi connectivity index (χ1n) is 5.68. The predicted molar refractivity (Wildman–Crippen MR) is 66.9 cm³/mol. The van der Waals surface area contributed by atoms with Gasteiger partial charge in [-0.05, 0) is 36.8 Å². The summed E-state index contributed by atoms with van der Waals surface area (Å²) in [7, 11) is 1.56. The Balaban J connectivity index is 2.19. The van der Waals surface area contributed by atoms with Crippen LogP contribution in [0, 0.1) is 5.82 Å². The number of hydrogen-bond donors (Lipinski definition) is 0. The number of methoxy groups -OCH3 is 1. The lowest BCUT2D eigenvalue weighted by Gasteiger charge is -2.26. The summed E-state index contributed by atoms with van der Waals surface area (Å²) in [6.45, 7) is 0. The van der Waals surface area contributed by atoms with E-state index in [0.717, 1.165) is 18.4 Å². The zero-order chi connectivity index (χ0) is 11.5. The van der Waals surface area contributed by atoms with Gasteiger partial charge in [0.05, 0.1) is 7.11 Å². The highest BCUT2D eigenvalue weighted by Crippen LogP contribution is 2.37. The Morgan fingerprint density at radius 1 is 1.38 bits per heavy atom. The van der Waals surface area contributed by atoms with E-state index in [1.165, 1.54) is 18.9 Å². The molecule has 88 valence electrons. The number of hydrogen-bond acceptors (Lipinski definition) is 1. The molecule has 3 heteroatoms. The summed E-state index contributed by atoms with van der Waals surface area (Å²) >= 11 is 3.63. The van der Waals surface area contributed by atoms with Gasteiger partial charge >= 0.3 is 0 Å². The second kappa shape index (κ2) is 5.17. The topological polar surface area (TPSA) is 9.23 Å². The first-order chi connectivity index (χ1) is 7.70. The minimum Gasteiger partial charge on any atom is -0.497 e. The average Bonchev–Trinajstić information content (AvgIpc) is 2.28. The standard InChI is InChI=1S/C13H16BrFO/c1-16-11-5-6-12(13(15)8-11)9-3-2-4-10(14)7-9/h5-6,8-10H,2-4,7H2,1H3. The van der Waals surface area contributed by atoms with Crippen molar-refractivity contribution in [3.05, 3.63) is 29.6 Å². The highest BCUT2D eigenvalue weighted by molar-refractivity contribution is 9.09. The van der Waals surface area contributed by atoms with Crippen LogP contribution in [0.1, 0.15) is 37.2 Å². The quantitative estimate of drug-likeness (QED) is 0.739. The molecule has 0 spiro atoms. The number of benzene rings is 1. The molecule has 0 radical (unpaired) electrons. The first kappa shape index (κ1) is 11.9. The maximum atomic E-state index is 13.9. The Morgan fingerprint density at radius 3 is 2.81 bits per heavy atom. The van der Waals surface area contributed by atoms with E-state index in [2.05, 4.69) is 15.9 Å². The second-order valence-electron chi connectivity index (χ2n) is 4.35. The third kappa shape index (κ3) is 2.57. The molecule has 0 bridgehead atoms. The average molecular weight is 287 g/mol. The SMILES string of the molecule is COc1ccc(C2CCCC(Br)C2)c(F)c1. The molecule has 2 atom stereocenters. The fourth-order valence-electron chi connectivity index (χ4n) is 2.38. The fraction of sp³-hybridized carbons (Fsp3) is 0.538. The maximum absolute atomic E-state index is 13.9. The van der Waals surface area contributed by atoms with Crippen LogP contribution in [0.15, 0.2) is 18.2 Å². The van der Waals surface area contributed by atoms with Crippen molar-refractivity contribution in [1.29, 1.82) is 0 Å². The summed E-state index contributed by atoms with van der Waals surface area (Å²) < 4.78 is 18.9. The van der Waals surface area contributed by atoms with E-state index in [4.69, 9.17) is 4.74 Å². The van der Waals surface area contributed by atoms with Gasteiger partial charge in [0.2, 0.25) is 0 Å². The molecule has 1 aliphatic rings. The van der Waals surface area contributed by atoms with Crippen molar-refractivity contribution in [2.75, 3.05) is 7.11 Å². The summed E-state index contributed by atoms with van der Waals surface area (Å²) in [4.78, 5) is 0.535. The number of rotatable bonds is 2. The summed E-state index contributed by atoms with van der Waals surface area (Å²) in [5.74, 6) is 0.808. The van der Waals surface area contributed by atoms with Gasteiger partial charge in [-0.25, -0.2) is 4.39 Å². The van der Waals surface area contributed by atoms with Crippen LogP contribution in [-0.4, -0.2) is 11.9 Å². The largest absolute Gasteiger partial charge is 0.497 e. The van der Waals surface area contributed by atoms with Gasteiger partial charge in [0.15, 0.2) is 0 Å². The van der Waals surface area contributed by atoms with Crippen LogP contribution in [0.5, 0.6) is 5.75 Å². The molecule has 0 aromatic heterocycles. The molecule has 2 rings (SSSR count). The Labute approximate surface area is 104 Å². The molecule has 1 aliphatic carbocycles. The Kier molecular flexibility index (Phi) is 3.85. The van der Waals surface area contributed by atoms with Crippen LogP contribution < -0.4 is 4.74 Å². The number of halogens is 2. The molecule has 1 aromatic carbocycles. The zero-order valence-electron chi connectivity index (χ0n) is 9.38. The lowest BCUT2D eigenvalue weighted by molar-refractivity contribution is 0.406. The van der Waals surface area contributed by atoms with E-state index in [-0.39, 0.29) is 5.82 Å². The third-order valence-corrected chi connectivity index (χ3v) is 4.09. The van der Waals surface area contributed by atoms with E-state index < -0.39 is 0 Å². The Hall–Kier alpha value is -0.570. The van der Waals surface area contributed by atoms with Crippen LogP contribution in [0.2, 0.25) is 0 Å². The monoisotopic (exact) mass is 286 g/mol. The van der Waals surface area contributed by atoms with Gasteiger partial charge in [0.1, 0.15) is 11.6 Å². The van der Waals surface area contributed by atoms with Crippen LogP contribution in [0.25, 0.3) is 0 Å². The molecule has 0 amide bonds. The molecule has 1 saturated carbocycles. The summed E-state index contributed by atoms with van der Waals surface area (Å²) in [6.07, 6.45) is 4.49. The van der Waals surface area contributed by atoms with Crippen molar-refractivity contribution in [3.63, 3.8) is 0 Å². The fourth-order valence-corrected chi connectivity index (χ4v) is 3.15. The summed E-state index contributed by atoms with van der Waals surface area (Å²) in [5, 5.41) is 0. The molecule has 1 fully saturated rings. The molecule has 0 saturated heterocycles. The highest BCUT2D eigenvalue weighted by atomic mass is 79.9. The van der Waals surface area contributed by atoms with E-state index in [0.29, 0.717) is 16.5 Å². The zero-order valence-corrected chi connectivity index (χ0v) is 11.0. The van der Waals surface area contributed by atoms with Crippen molar-refractivity contribution in [2.45, 2.75) is 36.4 Å². The molecular weight excluding hydrogens is 271 g/mol. The first-order valence-corrected chi connectivity index (χ1v) is 6.59. The normalized spacial score (nSPS) is 25.4. The van der Waals surface area contributed by atoms with Crippen molar-refractivity contribution in [3.8, 4) is 5.75 Å². The van der Waals surface area contributed by atoms with Crippen molar-refractivity contribution in [2.24, 2.45) is 0 Å². The molecule has 2 unspecified atom stereocenters. The Morgan fingerprint density at radius 2 is 2.19 bits per heavy atom. The number of ether oxygens (including phenoxy) is 1. The maximum Gasteiger partial charge on any atom is 0.130 e. The molecule has 0 aliphatic heterocycles. The van der Waals surface area contributed by atoms with Gasteiger partial charge < -0.3 is 4.74 Å². The summed E-state index contributed by atoms with van der Waals surface area (Å²) in [5.41, 5.74) is 0.838. The minimum absolute atomic E-state index is 0.133. The molecule has 1 aromatic rings. The van der Waals surface area contributed by atoms with Crippen LogP contribution in [0.4, 0.5) is 4.39 Å². The van der Waals surface area contributed by atoms with E-state index in [1.807, 2.05) is 12.1 Å². The molecule has 16 heavy (non-hydrogen) atoms. The highest BCUT2D eigenvalue weighted by Gasteiger charge is 2.23. The van der Waals surface area contributed by atoms with Gasteiger partial charge in [-0.15, -0.1) is 0 Å². The van der Waals surface area contributed by atoms with Gasteiger partial charge in [0.25, 0.3) is 0 Å². The van der Waals surface area contributed by atoms with Crippen LogP contribution >= 0.6 is 15.9 Å². The molecule has 0 N–H and O–H groups in total. The van der Waals surface area contributed by atoms with Crippen LogP contribution in [0.3, 0.4) is 0 Å². The van der Waals surface area contributed by atoms with Gasteiger partial charge in [-0.1, -0.05) is 28.4 Å². The van der Waals surface area contributed by atoms with Gasteiger partial charge in [-0.3, -0.25) is 0 Å². The third-order valence-electron chi connectivity index (χ3n) is 3.26.